The first-order valence-electron chi connectivity index (χ1n) is 9.32. The lowest BCUT2D eigenvalue weighted by atomic mass is 10.2. The van der Waals surface area contributed by atoms with Crippen LogP contribution in [0.15, 0.2) is 66.9 Å². The van der Waals surface area contributed by atoms with E-state index in [0.717, 1.165) is 34.0 Å². The maximum atomic E-state index is 5.75. The van der Waals surface area contributed by atoms with E-state index in [4.69, 9.17) is 21.7 Å². The minimum Gasteiger partial charge on any atom is -0.497 e. The summed E-state index contributed by atoms with van der Waals surface area (Å²) in [6.07, 6.45) is 1.79. The number of rotatable bonds is 7. The normalized spacial score (nSPS) is 10.3. The number of anilines is 1. The van der Waals surface area contributed by atoms with Crippen LogP contribution in [0.4, 0.5) is 5.69 Å². The van der Waals surface area contributed by atoms with E-state index in [1.807, 2.05) is 67.6 Å². The van der Waals surface area contributed by atoms with Crippen LogP contribution in [0.2, 0.25) is 0 Å². The van der Waals surface area contributed by atoms with Gasteiger partial charge in [0.05, 0.1) is 32.1 Å². The number of hydrogen-bond donors (Lipinski definition) is 1. The van der Waals surface area contributed by atoms with Crippen molar-refractivity contribution in [2.24, 2.45) is 0 Å². The van der Waals surface area contributed by atoms with Gasteiger partial charge in [-0.1, -0.05) is 24.3 Å². The minimum absolute atomic E-state index is 0.590. The van der Waals surface area contributed by atoms with Crippen molar-refractivity contribution in [3.8, 4) is 11.5 Å². The standard InChI is InChI=1S/C23H25N3O2S/c1-17-7-12-21(22(14-17)28-3)25-23(29)26(16-19-6-4-5-13-24-19)15-18-8-10-20(27-2)11-9-18/h4-14H,15-16H2,1-3H3,(H,25,29). The molecule has 1 heterocycles. The Morgan fingerprint density at radius 3 is 2.45 bits per heavy atom. The summed E-state index contributed by atoms with van der Waals surface area (Å²) >= 11 is 5.75. The van der Waals surface area contributed by atoms with E-state index < -0.39 is 0 Å². The van der Waals surface area contributed by atoms with Gasteiger partial charge in [-0.2, -0.15) is 0 Å². The average molecular weight is 408 g/mol. The molecule has 5 nitrogen and oxygen atoms in total. The van der Waals surface area contributed by atoms with E-state index in [9.17, 15) is 0 Å². The number of benzene rings is 2. The van der Waals surface area contributed by atoms with Crippen molar-refractivity contribution in [1.82, 2.24) is 9.88 Å². The zero-order valence-corrected chi connectivity index (χ0v) is 17.7. The van der Waals surface area contributed by atoms with Gasteiger partial charge in [0.1, 0.15) is 11.5 Å². The van der Waals surface area contributed by atoms with Crippen molar-refractivity contribution in [1.29, 1.82) is 0 Å². The lowest BCUT2D eigenvalue weighted by Gasteiger charge is -2.26. The molecule has 0 spiro atoms. The van der Waals surface area contributed by atoms with Gasteiger partial charge in [-0.3, -0.25) is 4.98 Å². The topological polar surface area (TPSA) is 46.6 Å². The molecule has 0 atom stereocenters. The van der Waals surface area contributed by atoms with E-state index >= 15 is 0 Å². The third-order valence-corrected chi connectivity index (χ3v) is 4.86. The van der Waals surface area contributed by atoms with Crippen LogP contribution in [0.1, 0.15) is 16.8 Å². The van der Waals surface area contributed by atoms with Gasteiger partial charge < -0.3 is 19.7 Å². The van der Waals surface area contributed by atoms with Crippen LogP contribution in [0.5, 0.6) is 11.5 Å². The first-order chi connectivity index (χ1) is 14.1. The van der Waals surface area contributed by atoms with Gasteiger partial charge in [0.25, 0.3) is 0 Å². The van der Waals surface area contributed by atoms with Gasteiger partial charge in [0.2, 0.25) is 0 Å². The van der Waals surface area contributed by atoms with Gasteiger partial charge in [0.15, 0.2) is 5.11 Å². The molecule has 0 saturated heterocycles. The number of nitrogens with zero attached hydrogens (tertiary/aromatic N) is 2. The summed E-state index contributed by atoms with van der Waals surface area (Å²) in [5, 5.41) is 3.94. The Morgan fingerprint density at radius 2 is 1.79 bits per heavy atom. The van der Waals surface area contributed by atoms with Crippen molar-refractivity contribution in [2.45, 2.75) is 20.0 Å². The Hall–Kier alpha value is -3.12. The Kier molecular flexibility index (Phi) is 7.03. The third-order valence-electron chi connectivity index (χ3n) is 4.50. The third kappa shape index (κ3) is 5.68. The molecule has 3 aromatic rings. The number of methoxy groups -OCH3 is 2. The zero-order valence-electron chi connectivity index (χ0n) is 16.9. The van der Waals surface area contributed by atoms with Crippen molar-refractivity contribution >= 4 is 23.0 Å². The summed E-state index contributed by atoms with van der Waals surface area (Å²) in [4.78, 5) is 6.53. The molecule has 0 unspecified atom stereocenters. The summed E-state index contributed by atoms with van der Waals surface area (Å²) in [6, 6.07) is 19.9. The zero-order chi connectivity index (χ0) is 20.6. The van der Waals surface area contributed by atoms with Crippen LogP contribution >= 0.6 is 12.2 Å². The molecular formula is C23H25N3O2S. The Labute approximate surface area is 177 Å². The molecule has 0 saturated carbocycles. The molecule has 2 aromatic carbocycles. The van der Waals surface area contributed by atoms with Gasteiger partial charge in [-0.25, -0.2) is 0 Å². The Bertz CT molecular complexity index is 946. The van der Waals surface area contributed by atoms with E-state index in [0.29, 0.717) is 18.2 Å². The van der Waals surface area contributed by atoms with E-state index in [2.05, 4.69) is 15.2 Å². The molecular weight excluding hydrogens is 382 g/mol. The smallest absolute Gasteiger partial charge is 0.174 e. The SMILES string of the molecule is COc1ccc(CN(Cc2ccccn2)C(=S)Nc2ccc(C)cc2OC)cc1. The molecule has 3 rings (SSSR count). The maximum absolute atomic E-state index is 5.75. The number of aryl methyl sites for hydroxylation is 1. The number of aromatic nitrogens is 1. The molecule has 0 aliphatic rings. The van der Waals surface area contributed by atoms with Crippen LogP contribution in [-0.2, 0) is 13.1 Å². The molecule has 0 aliphatic heterocycles. The van der Waals surface area contributed by atoms with E-state index in [1.54, 1.807) is 20.4 Å². The minimum atomic E-state index is 0.590. The van der Waals surface area contributed by atoms with Crippen molar-refractivity contribution in [2.75, 3.05) is 19.5 Å². The van der Waals surface area contributed by atoms with Crippen molar-refractivity contribution in [3.63, 3.8) is 0 Å². The van der Waals surface area contributed by atoms with Gasteiger partial charge in [-0.05, 0) is 66.7 Å². The number of ether oxygens (including phenoxy) is 2. The molecule has 0 aliphatic carbocycles. The second-order valence-corrected chi connectivity index (χ2v) is 7.05. The molecule has 1 N–H and O–H groups in total. The monoisotopic (exact) mass is 407 g/mol. The van der Waals surface area contributed by atoms with E-state index in [1.165, 1.54) is 0 Å². The second-order valence-electron chi connectivity index (χ2n) is 6.66. The van der Waals surface area contributed by atoms with Crippen LogP contribution in [0.25, 0.3) is 0 Å². The molecule has 29 heavy (non-hydrogen) atoms. The highest BCUT2D eigenvalue weighted by molar-refractivity contribution is 7.80. The van der Waals surface area contributed by atoms with Gasteiger partial charge in [0, 0.05) is 12.7 Å². The highest BCUT2D eigenvalue weighted by atomic mass is 32.1. The first kappa shape index (κ1) is 20.6. The maximum Gasteiger partial charge on any atom is 0.174 e. The van der Waals surface area contributed by atoms with Crippen molar-refractivity contribution < 1.29 is 9.47 Å². The molecule has 1 aromatic heterocycles. The summed E-state index contributed by atoms with van der Waals surface area (Å²) in [5.41, 5.74) is 4.04. The highest BCUT2D eigenvalue weighted by Crippen LogP contribution is 2.26. The Morgan fingerprint density at radius 1 is 1.00 bits per heavy atom. The summed E-state index contributed by atoms with van der Waals surface area (Å²) in [7, 11) is 3.32. The predicted molar refractivity (Wildman–Crippen MR) is 120 cm³/mol. The lowest BCUT2D eigenvalue weighted by Crippen LogP contribution is -2.34. The summed E-state index contributed by atoms with van der Waals surface area (Å²) in [6.45, 7) is 3.26. The average Bonchev–Trinajstić information content (AvgIpc) is 2.75. The molecule has 6 heteroatoms. The summed E-state index contributed by atoms with van der Waals surface area (Å²) < 4.78 is 10.8. The fraction of sp³-hybridized carbons (Fsp3) is 0.217. The number of thiocarbonyl (C=S) groups is 1. The molecule has 0 bridgehead atoms. The fourth-order valence-corrected chi connectivity index (χ4v) is 3.17. The number of nitrogens with one attached hydrogen (secondary N) is 1. The van der Waals surface area contributed by atoms with Crippen molar-refractivity contribution in [3.05, 3.63) is 83.7 Å². The second kappa shape index (κ2) is 9.89. The Balaban J connectivity index is 1.82. The number of pyridine rings is 1. The number of hydrogen-bond acceptors (Lipinski definition) is 4. The molecule has 150 valence electrons. The molecule has 0 amide bonds. The quantitative estimate of drug-likeness (QED) is 0.568. The van der Waals surface area contributed by atoms with E-state index in [-0.39, 0.29) is 0 Å². The van der Waals surface area contributed by atoms with Crippen LogP contribution in [0, 0.1) is 6.92 Å². The highest BCUT2D eigenvalue weighted by Gasteiger charge is 2.14. The first-order valence-corrected chi connectivity index (χ1v) is 9.73. The van der Waals surface area contributed by atoms with Crippen LogP contribution < -0.4 is 14.8 Å². The summed E-state index contributed by atoms with van der Waals surface area (Å²) in [5.74, 6) is 1.59. The lowest BCUT2D eigenvalue weighted by molar-refractivity contribution is 0.402. The van der Waals surface area contributed by atoms with Gasteiger partial charge >= 0.3 is 0 Å². The van der Waals surface area contributed by atoms with Crippen LogP contribution in [-0.4, -0.2) is 29.2 Å². The predicted octanol–water partition coefficient (Wildman–Crippen LogP) is 4.81. The fourth-order valence-electron chi connectivity index (χ4n) is 2.93. The molecule has 0 fully saturated rings. The molecule has 0 radical (unpaired) electrons. The van der Waals surface area contributed by atoms with Crippen LogP contribution in [0.3, 0.4) is 0 Å². The largest absolute Gasteiger partial charge is 0.497 e. The van der Waals surface area contributed by atoms with Gasteiger partial charge in [-0.15, -0.1) is 0 Å².